The fraction of sp³-hybridized carbons (Fsp3) is 0.467. The largest absolute Gasteiger partial charge is 0.362 e. The summed E-state index contributed by atoms with van der Waals surface area (Å²) in [4.78, 5) is 17.3. The van der Waals surface area contributed by atoms with E-state index in [1.165, 1.54) is 22.8 Å². The highest BCUT2D eigenvalue weighted by Crippen LogP contribution is 2.38. The first-order valence-electron chi connectivity index (χ1n) is 12.6. The minimum atomic E-state index is 0.259. The summed E-state index contributed by atoms with van der Waals surface area (Å²) < 4.78 is 0. The average Bonchev–Trinajstić information content (AvgIpc) is 3.45. The van der Waals surface area contributed by atoms with Crippen LogP contribution in [0.5, 0.6) is 0 Å². The van der Waals surface area contributed by atoms with Crippen molar-refractivity contribution in [1.82, 2.24) is 19.9 Å². The molecule has 4 nitrogen and oxygen atoms in total. The van der Waals surface area contributed by atoms with Gasteiger partial charge in [-0.15, -0.1) is 0 Å². The van der Waals surface area contributed by atoms with Crippen molar-refractivity contribution in [3.8, 4) is 0 Å². The highest BCUT2D eigenvalue weighted by Gasteiger charge is 2.28. The first kappa shape index (κ1) is 22.9. The van der Waals surface area contributed by atoms with E-state index < -0.39 is 0 Å². The number of fused-ring (bicyclic) bond motifs is 8. The Morgan fingerprint density at radius 2 is 1.38 bits per heavy atom. The van der Waals surface area contributed by atoms with Gasteiger partial charge in [0.1, 0.15) is 0 Å². The Balaban J connectivity index is 1.69. The molecule has 2 aromatic rings. The maximum Gasteiger partial charge on any atom is 0.0658 e. The predicted octanol–water partition coefficient (Wildman–Crippen LogP) is 7.73. The van der Waals surface area contributed by atoms with E-state index >= 15 is 0 Å². The van der Waals surface area contributed by atoms with Crippen molar-refractivity contribution < 1.29 is 0 Å². The summed E-state index contributed by atoms with van der Waals surface area (Å²) in [6, 6.07) is 13.2. The van der Waals surface area contributed by atoms with Crippen molar-refractivity contribution in [1.29, 1.82) is 0 Å². The topological polar surface area (TPSA) is 57.4 Å². The quantitative estimate of drug-likeness (QED) is 0.416. The lowest BCUT2D eigenvalue weighted by molar-refractivity contribution is 0.341. The zero-order chi connectivity index (χ0) is 24.1. The molecule has 0 fully saturated rings. The second kappa shape index (κ2) is 8.41. The number of H-pyrrole nitrogens is 2. The van der Waals surface area contributed by atoms with Crippen LogP contribution in [0.1, 0.15) is 100 Å². The molecule has 3 aliphatic heterocycles. The molecule has 0 amide bonds. The highest BCUT2D eigenvalue weighted by atomic mass is 14.8. The van der Waals surface area contributed by atoms with Crippen molar-refractivity contribution in [2.24, 2.45) is 10.8 Å². The van der Waals surface area contributed by atoms with Crippen LogP contribution in [0.15, 0.2) is 36.4 Å². The van der Waals surface area contributed by atoms with Crippen LogP contribution in [-0.4, -0.2) is 19.9 Å². The van der Waals surface area contributed by atoms with Crippen LogP contribution in [0.4, 0.5) is 0 Å². The van der Waals surface area contributed by atoms with Crippen LogP contribution < -0.4 is 0 Å². The van der Waals surface area contributed by atoms with Gasteiger partial charge in [0.25, 0.3) is 0 Å². The van der Waals surface area contributed by atoms with E-state index in [2.05, 4.69) is 100 Å². The Morgan fingerprint density at radius 3 is 2.09 bits per heavy atom. The molecule has 0 radical (unpaired) electrons. The molecule has 178 valence electrons. The van der Waals surface area contributed by atoms with Crippen molar-refractivity contribution >= 4 is 23.2 Å². The second-order valence-corrected chi connectivity index (χ2v) is 12.7. The van der Waals surface area contributed by atoms with Gasteiger partial charge in [0, 0.05) is 45.6 Å². The van der Waals surface area contributed by atoms with Gasteiger partial charge in [0.05, 0.1) is 11.4 Å². The van der Waals surface area contributed by atoms with Gasteiger partial charge in [0.15, 0.2) is 0 Å². The fourth-order valence-corrected chi connectivity index (χ4v) is 5.53. The number of nitrogens with zero attached hydrogens (tertiary/aromatic N) is 2. The van der Waals surface area contributed by atoms with Crippen LogP contribution in [0.25, 0.3) is 23.2 Å². The Bertz CT molecular complexity index is 1290. The molecule has 8 bridgehead atoms. The molecule has 4 heteroatoms. The van der Waals surface area contributed by atoms with Gasteiger partial charge in [-0.25, -0.2) is 4.98 Å². The minimum absolute atomic E-state index is 0.259. The Kier molecular flexibility index (Phi) is 5.66. The molecule has 34 heavy (non-hydrogen) atoms. The zero-order valence-electron chi connectivity index (χ0n) is 21.5. The molecule has 0 aliphatic carbocycles. The second-order valence-electron chi connectivity index (χ2n) is 12.7. The third-order valence-corrected chi connectivity index (χ3v) is 6.74. The lowest BCUT2D eigenvalue weighted by Crippen LogP contribution is -2.11. The first-order valence-corrected chi connectivity index (χ1v) is 12.6. The Labute approximate surface area is 203 Å². The van der Waals surface area contributed by atoms with Crippen LogP contribution in [0.2, 0.25) is 0 Å². The van der Waals surface area contributed by atoms with Gasteiger partial charge in [-0.2, -0.15) is 0 Å². The van der Waals surface area contributed by atoms with Gasteiger partial charge in [0.2, 0.25) is 0 Å². The van der Waals surface area contributed by atoms with Crippen molar-refractivity contribution in [2.75, 3.05) is 0 Å². The van der Waals surface area contributed by atoms with Crippen molar-refractivity contribution in [3.63, 3.8) is 0 Å². The Morgan fingerprint density at radius 1 is 0.735 bits per heavy atom. The molecule has 0 saturated carbocycles. The normalized spacial score (nSPS) is 19.4. The van der Waals surface area contributed by atoms with E-state index in [1.54, 1.807) is 0 Å². The molecule has 5 rings (SSSR count). The first-order chi connectivity index (χ1) is 16.0. The molecule has 2 unspecified atom stereocenters. The maximum atomic E-state index is 5.14. The van der Waals surface area contributed by atoms with Crippen LogP contribution in [0, 0.1) is 10.8 Å². The molecule has 0 aromatic carbocycles. The summed E-state index contributed by atoms with van der Waals surface area (Å²) in [7, 11) is 0. The molecular weight excluding hydrogens is 416 g/mol. The highest BCUT2D eigenvalue weighted by molar-refractivity contribution is 5.73. The molecule has 5 heterocycles. The van der Waals surface area contributed by atoms with Gasteiger partial charge in [-0.1, -0.05) is 41.5 Å². The smallest absolute Gasteiger partial charge is 0.0658 e. The van der Waals surface area contributed by atoms with Crippen LogP contribution in [-0.2, 0) is 12.8 Å². The summed E-state index contributed by atoms with van der Waals surface area (Å²) in [5, 5.41) is 0. The molecule has 2 aromatic heterocycles. The molecule has 2 N–H and O–H groups in total. The lowest BCUT2D eigenvalue weighted by atomic mass is 9.82. The lowest BCUT2D eigenvalue weighted by Gasteiger charge is -2.22. The van der Waals surface area contributed by atoms with E-state index in [9.17, 15) is 0 Å². The van der Waals surface area contributed by atoms with Crippen LogP contribution in [0.3, 0.4) is 0 Å². The third kappa shape index (κ3) is 5.43. The van der Waals surface area contributed by atoms with Crippen molar-refractivity contribution in [2.45, 2.75) is 79.1 Å². The summed E-state index contributed by atoms with van der Waals surface area (Å²) in [5.74, 6) is 0.915. The summed E-state index contributed by atoms with van der Waals surface area (Å²) in [6.45, 7) is 14.0. The standard InChI is InChI=1S/C30H38N4/c1-29(2,3)17-19-11-25-14-26-12-20(18-30(4,5)6)28(34-26)16-24-10-8-22(32-24)13-21-7-9-23(31-21)15-27(19)33-25/h7-10,13-16,19-20,31,34H,11-12,17-18H2,1-6H3. The number of hydrogen-bond donors (Lipinski definition) is 2. The van der Waals surface area contributed by atoms with Gasteiger partial charge >= 0.3 is 0 Å². The number of rotatable bonds is 2. The number of nitrogens with one attached hydrogen (secondary N) is 2. The average molecular weight is 455 g/mol. The maximum absolute atomic E-state index is 5.14. The number of hydrogen-bond acceptors (Lipinski definition) is 2. The van der Waals surface area contributed by atoms with E-state index in [0.717, 1.165) is 48.1 Å². The molecule has 3 aliphatic rings. The molecule has 2 atom stereocenters. The van der Waals surface area contributed by atoms with Gasteiger partial charge < -0.3 is 9.97 Å². The van der Waals surface area contributed by atoms with E-state index in [4.69, 9.17) is 9.97 Å². The monoisotopic (exact) mass is 454 g/mol. The van der Waals surface area contributed by atoms with Gasteiger partial charge in [-0.3, -0.25) is 4.98 Å². The third-order valence-electron chi connectivity index (χ3n) is 6.74. The molecule has 0 spiro atoms. The number of aromatic amines is 2. The van der Waals surface area contributed by atoms with E-state index in [0.29, 0.717) is 11.8 Å². The summed E-state index contributed by atoms with van der Waals surface area (Å²) in [6.07, 6.45) is 8.51. The SMILES string of the molecule is CC(C)(C)CC1Cc2cc3[nH]c(cc4nc(cc5ccc(cc1n2)[nH]5)C=C4)C(CC(C)(C)C)C3. The fourth-order valence-electron chi connectivity index (χ4n) is 5.53. The Hall–Kier alpha value is -2.88. The zero-order valence-corrected chi connectivity index (χ0v) is 21.5. The predicted molar refractivity (Wildman–Crippen MR) is 142 cm³/mol. The van der Waals surface area contributed by atoms with Crippen LogP contribution >= 0.6 is 0 Å². The van der Waals surface area contributed by atoms with Crippen molar-refractivity contribution in [3.05, 3.63) is 70.6 Å². The van der Waals surface area contributed by atoms with E-state index in [-0.39, 0.29) is 10.8 Å². The van der Waals surface area contributed by atoms with E-state index in [1.807, 2.05) is 0 Å². The summed E-state index contributed by atoms with van der Waals surface area (Å²) >= 11 is 0. The molecule has 0 saturated heterocycles. The number of aromatic nitrogens is 4. The summed E-state index contributed by atoms with van der Waals surface area (Å²) in [5.41, 5.74) is 9.63. The minimum Gasteiger partial charge on any atom is -0.362 e. The van der Waals surface area contributed by atoms with Gasteiger partial charge in [-0.05, 0) is 85.1 Å². The molecular formula is C30H38N4.